The van der Waals surface area contributed by atoms with Crippen LogP contribution in [0.25, 0.3) is 0 Å². The maximum absolute atomic E-state index is 12.1. The van der Waals surface area contributed by atoms with Crippen LogP contribution in [-0.2, 0) is 14.3 Å². The van der Waals surface area contributed by atoms with E-state index in [1.807, 2.05) is 24.3 Å². The van der Waals surface area contributed by atoms with E-state index in [0.29, 0.717) is 19.7 Å². The lowest BCUT2D eigenvalue weighted by Gasteiger charge is -2.15. The Morgan fingerprint density at radius 1 is 1.45 bits per heavy atom. The lowest BCUT2D eigenvalue weighted by Crippen LogP contribution is -2.30. The van der Waals surface area contributed by atoms with Gasteiger partial charge in [-0.15, -0.1) is 0 Å². The normalized spacial score (nSPS) is 18.4. The van der Waals surface area contributed by atoms with Gasteiger partial charge in [-0.3, -0.25) is 9.59 Å². The lowest BCUT2D eigenvalue weighted by atomic mass is 10.1. The number of anilines is 1. The van der Waals surface area contributed by atoms with Gasteiger partial charge in [-0.25, -0.2) is 0 Å². The number of ether oxygens (including phenoxy) is 1. The standard InChI is InChI=1S/C14H17IN2O3/c1-20-7-6-17-9-10(8-13(17)18)14(19)16-12-4-2-11(15)3-5-12/h2-5,10H,6-9H2,1H3,(H,16,19). The quantitative estimate of drug-likeness (QED) is 0.782. The summed E-state index contributed by atoms with van der Waals surface area (Å²) in [4.78, 5) is 25.6. The molecule has 1 N–H and O–H groups in total. The Bertz CT molecular complexity index is 490. The van der Waals surface area contributed by atoms with Crippen LogP contribution in [-0.4, -0.2) is 43.5 Å². The van der Waals surface area contributed by atoms with Crippen molar-refractivity contribution in [2.45, 2.75) is 6.42 Å². The fraction of sp³-hybridized carbons (Fsp3) is 0.429. The number of halogens is 1. The second-order valence-electron chi connectivity index (χ2n) is 4.73. The molecule has 0 saturated carbocycles. The Labute approximate surface area is 131 Å². The van der Waals surface area contributed by atoms with E-state index < -0.39 is 0 Å². The second kappa shape index (κ2) is 7.03. The number of carbonyl (C=O) groups excluding carboxylic acids is 2. The predicted octanol–water partition coefficient (Wildman–Crippen LogP) is 1.72. The summed E-state index contributed by atoms with van der Waals surface area (Å²) in [5, 5.41) is 2.86. The van der Waals surface area contributed by atoms with Crippen molar-refractivity contribution in [2.24, 2.45) is 5.92 Å². The maximum Gasteiger partial charge on any atom is 0.229 e. The number of rotatable bonds is 5. The smallest absolute Gasteiger partial charge is 0.229 e. The van der Waals surface area contributed by atoms with Crippen molar-refractivity contribution in [1.29, 1.82) is 0 Å². The van der Waals surface area contributed by atoms with Crippen LogP contribution in [0.3, 0.4) is 0 Å². The molecule has 1 aliphatic heterocycles. The topological polar surface area (TPSA) is 58.6 Å². The molecule has 0 aliphatic carbocycles. The van der Waals surface area contributed by atoms with Crippen LogP contribution in [0, 0.1) is 9.49 Å². The number of nitrogens with zero attached hydrogens (tertiary/aromatic N) is 1. The molecule has 1 aliphatic rings. The van der Waals surface area contributed by atoms with Crippen molar-refractivity contribution in [1.82, 2.24) is 4.90 Å². The Morgan fingerprint density at radius 2 is 2.15 bits per heavy atom. The van der Waals surface area contributed by atoms with Gasteiger partial charge in [-0.1, -0.05) is 0 Å². The summed E-state index contributed by atoms with van der Waals surface area (Å²) in [5.74, 6) is -0.358. The Kier molecular flexibility index (Phi) is 5.36. The molecule has 1 fully saturated rings. The first kappa shape index (κ1) is 15.2. The molecule has 0 bridgehead atoms. The minimum atomic E-state index is -0.279. The monoisotopic (exact) mass is 388 g/mol. The van der Waals surface area contributed by atoms with Gasteiger partial charge in [0, 0.05) is 35.9 Å². The van der Waals surface area contributed by atoms with Crippen molar-refractivity contribution in [3.8, 4) is 0 Å². The minimum Gasteiger partial charge on any atom is -0.383 e. The van der Waals surface area contributed by atoms with Crippen molar-refractivity contribution in [3.05, 3.63) is 27.8 Å². The molecule has 1 unspecified atom stereocenters. The van der Waals surface area contributed by atoms with Crippen LogP contribution in [0.4, 0.5) is 5.69 Å². The molecule has 1 heterocycles. The highest BCUT2D eigenvalue weighted by molar-refractivity contribution is 14.1. The van der Waals surface area contributed by atoms with E-state index in [2.05, 4.69) is 27.9 Å². The summed E-state index contributed by atoms with van der Waals surface area (Å²) >= 11 is 2.21. The van der Waals surface area contributed by atoms with E-state index in [-0.39, 0.29) is 24.2 Å². The lowest BCUT2D eigenvalue weighted by molar-refractivity contribution is -0.128. The molecule has 1 saturated heterocycles. The first-order chi connectivity index (χ1) is 9.60. The Hall–Kier alpha value is -1.15. The number of nitrogens with one attached hydrogen (secondary N) is 1. The summed E-state index contributed by atoms with van der Waals surface area (Å²) in [6, 6.07) is 7.58. The first-order valence-electron chi connectivity index (χ1n) is 6.43. The van der Waals surface area contributed by atoms with Crippen LogP contribution in [0.2, 0.25) is 0 Å². The molecule has 0 aromatic heterocycles. The molecular formula is C14H17IN2O3. The van der Waals surface area contributed by atoms with E-state index in [0.717, 1.165) is 9.26 Å². The fourth-order valence-corrected chi connectivity index (χ4v) is 2.50. The highest BCUT2D eigenvalue weighted by Gasteiger charge is 2.33. The van der Waals surface area contributed by atoms with Crippen molar-refractivity contribution in [3.63, 3.8) is 0 Å². The van der Waals surface area contributed by atoms with Crippen molar-refractivity contribution < 1.29 is 14.3 Å². The Morgan fingerprint density at radius 3 is 2.80 bits per heavy atom. The summed E-state index contributed by atoms with van der Waals surface area (Å²) in [6.07, 6.45) is 0.278. The van der Waals surface area contributed by atoms with Gasteiger partial charge in [-0.2, -0.15) is 0 Å². The van der Waals surface area contributed by atoms with Gasteiger partial charge in [0.1, 0.15) is 0 Å². The molecule has 0 radical (unpaired) electrons. The van der Waals surface area contributed by atoms with Crippen molar-refractivity contribution in [2.75, 3.05) is 32.1 Å². The third kappa shape index (κ3) is 3.92. The average Bonchev–Trinajstić information content (AvgIpc) is 2.80. The van der Waals surface area contributed by atoms with Crippen molar-refractivity contribution >= 4 is 40.1 Å². The molecule has 20 heavy (non-hydrogen) atoms. The number of carbonyl (C=O) groups is 2. The summed E-state index contributed by atoms with van der Waals surface area (Å²) in [7, 11) is 1.60. The van der Waals surface area contributed by atoms with Gasteiger partial charge >= 0.3 is 0 Å². The zero-order valence-corrected chi connectivity index (χ0v) is 13.4. The molecule has 1 aromatic carbocycles. The first-order valence-corrected chi connectivity index (χ1v) is 7.51. The third-order valence-corrected chi connectivity index (χ3v) is 3.98. The van der Waals surface area contributed by atoms with Crippen LogP contribution in [0.15, 0.2) is 24.3 Å². The van der Waals surface area contributed by atoms with E-state index in [1.165, 1.54) is 0 Å². The molecule has 1 atom stereocenters. The second-order valence-corrected chi connectivity index (χ2v) is 5.98. The molecule has 0 spiro atoms. The number of hydrogen-bond donors (Lipinski definition) is 1. The van der Waals surface area contributed by atoms with Crippen LogP contribution >= 0.6 is 22.6 Å². The average molecular weight is 388 g/mol. The van der Waals surface area contributed by atoms with Gasteiger partial charge in [0.15, 0.2) is 0 Å². The third-order valence-electron chi connectivity index (χ3n) is 3.26. The van der Waals surface area contributed by atoms with Crippen LogP contribution in [0.1, 0.15) is 6.42 Å². The molecule has 6 heteroatoms. The summed E-state index contributed by atoms with van der Waals surface area (Å²) in [6.45, 7) is 1.51. The molecule has 2 amide bonds. The highest BCUT2D eigenvalue weighted by atomic mass is 127. The molecule has 5 nitrogen and oxygen atoms in total. The molecule has 2 rings (SSSR count). The molecule has 108 valence electrons. The molecule has 1 aromatic rings. The number of methoxy groups -OCH3 is 1. The van der Waals surface area contributed by atoms with E-state index in [9.17, 15) is 9.59 Å². The van der Waals surface area contributed by atoms with E-state index in [1.54, 1.807) is 12.0 Å². The van der Waals surface area contributed by atoms with E-state index in [4.69, 9.17) is 4.74 Å². The summed E-state index contributed by atoms with van der Waals surface area (Å²) in [5.41, 5.74) is 0.762. The van der Waals surface area contributed by atoms with Gasteiger partial charge in [0.25, 0.3) is 0 Å². The SMILES string of the molecule is COCCN1CC(C(=O)Nc2ccc(I)cc2)CC1=O. The number of hydrogen-bond acceptors (Lipinski definition) is 3. The largest absolute Gasteiger partial charge is 0.383 e. The number of amides is 2. The molecular weight excluding hydrogens is 371 g/mol. The summed E-state index contributed by atoms with van der Waals surface area (Å²) < 4.78 is 6.07. The maximum atomic E-state index is 12.1. The highest BCUT2D eigenvalue weighted by Crippen LogP contribution is 2.20. The van der Waals surface area contributed by atoms with E-state index >= 15 is 0 Å². The van der Waals surface area contributed by atoms with Gasteiger partial charge in [-0.05, 0) is 46.9 Å². The van der Waals surface area contributed by atoms with Crippen LogP contribution in [0.5, 0.6) is 0 Å². The Balaban J connectivity index is 1.90. The number of likely N-dealkylation sites (tertiary alicyclic amines) is 1. The van der Waals surface area contributed by atoms with Gasteiger partial charge < -0.3 is 15.0 Å². The van der Waals surface area contributed by atoms with Gasteiger partial charge in [0.05, 0.1) is 12.5 Å². The zero-order valence-electron chi connectivity index (χ0n) is 11.3. The minimum absolute atomic E-state index is 0.0183. The number of benzene rings is 1. The fourth-order valence-electron chi connectivity index (χ4n) is 2.14. The van der Waals surface area contributed by atoms with Gasteiger partial charge in [0.2, 0.25) is 11.8 Å². The van der Waals surface area contributed by atoms with Crippen LogP contribution < -0.4 is 5.32 Å². The zero-order chi connectivity index (χ0) is 14.5. The predicted molar refractivity (Wildman–Crippen MR) is 84.4 cm³/mol.